The van der Waals surface area contributed by atoms with E-state index in [1.165, 1.54) is 11.3 Å². The topological polar surface area (TPSA) is 145 Å². The highest BCUT2D eigenvalue weighted by molar-refractivity contribution is 7.16. The Hall–Kier alpha value is -3.58. The number of carbonyl (C=O) groups is 3. The van der Waals surface area contributed by atoms with Gasteiger partial charge < -0.3 is 25.8 Å². The highest BCUT2D eigenvalue weighted by atomic mass is 32.1. The predicted molar refractivity (Wildman–Crippen MR) is 151 cm³/mol. The summed E-state index contributed by atoms with van der Waals surface area (Å²) in [4.78, 5) is 39.8. The van der Waals surface area contributed by atoms with E-state index < -0.39 is 18.2 Å². The normalized spacial score (nSPS) is 12.8. The molecule has 0 aliphatic carbocycles. The minimum atomic E-state index is -1.34. The van der Waals surface area contributed by atoms with Gasteiger partial charge in [-0.2, -0.15) is 5.10 Å². The third kappa shape index (κ3) is 7.30. The molecule has 0 saturated heterocycles. The molecule has 10 nitrogen and oxygen atoms in total. The van der Waals surface area contributed by atoms with Gasteiger partial charge >= 0.3 is 0 Å². The number of rotatable bonds is 12. The lowest BCUT2D eigenvalue weighted by Gasteiger charge is -2.25. The molecule has 2 unspecified atom stereocenters. The number of thiophene rings is 2. The molecule has 1 aromatic carbocycles. The maximum absolute atomic E-state index is 13.2. The molecule has 3 aromatic heterocycles. The fourth-order valence-electron chi connectivity index (χ4n) is 3.83. The van der Waals surface area contributed by atoms with E-state index in [0.717, 1.165) is 27.8 Å². The van der Waals surface area contributed by atoms with Gasteiger partial charge in [0.2, 0.25) is 0 Å². The van der Waals surface area contributed by atoms with Crippen molar-refractivity contribution >= 4 is 51.3 Å². The van der Waals surface area contributed by atoms with Crippen molar-refractivity contribution in [3.63, 3.8) is 0 Å². The van der Waals surface area contributed by atoms with Crippen LogP contribution in [0.3, 0.4) is 0 Å². The predicted octanol–water partition coefficient (Wildman–Crippen LogP) is 3.44. The van der Waals surface area contributed by atoms with Crippen molar-refractivity contribution in [1.29, 1.82) is 0 Å². The van der Waals surface area contributed by atoms with Crippen LogP contribution in [0.5, 0.6) is 0 Å². The molecule has 3 heterocycles. The SMILES string of the molecule is Cc1cc(C(=O)NCc2cccc3[nH]ncc23)sc1C(=O)NC(CNC(=O)c1cccs1)C(O)OCC(C)C. The van der Waals surface area contributed by atoms with E-state index >= 15 is 0 Å². The Kier molecular flexibility index (Phi) is 9.46. The number of aliphatic hydroxyl groups excluding tert-OH is 1. The Morgan fingerprint density at radius 3 is 2.62 bits per heavy atom. The van der Waals surface area contributed by atoms with Crippen molar-refractivity contribution in [2.24, 2.45) is 5.92 Å². The first-order valence-corrected chi connectivity index (χ1v) is 14.1. The van der Waals surface area contributed by atoms with Crippen LogP contribution in [0.15, 0.2) is 48.0 Å². The van der Waals surface area contributed by atoms with Crippen LogP contribution in [0.1, 0.15) is 54.0 Å². The summed E-state index contributed by atoms with van der Waals surface area (Å²) in [6, 6.07) is 9.92. The van der Waals surface area contributed by atoms with Gasteiger partial charge in [0, 0.05) is 18.5 Å². The van der Waals surface area contributed by atoms with Gasteiger partial charge in [-0.1, -0.05) is 32.0 Å². The zero-order valence-electron chi connectivity index (χ0n) is 21.8. The Bertz CT molecular complexity index is 1430. The number of ether oxygens (including phenoxy) is 1. The number of benzene rings is 1. The molecule has 4 aromatic rings. The second kappa shape index (κ2) is 13.0. The van der Waals surface area contributed by atoms with Crippen molar-refractivity contribution in [1.82, 2.24) is 26.1 Å². The van der Waals surface area contributed by atoms with Crippen LogP contribution >= 0.6 is 22.7 Å². The average Bonchev–Trinajstić information content (AvgIpc) is 3.69. The van der Waals surface area contributed by atoms with Crippen LogP contribution in [0.25, 0.3) is 10.9 Å². The number of nitrogens with one attached hydrogen (secondary N) is 4. The third-order valence-corrected chi connectivity index (χ3v) is 7.95. The first-order valence-electron chi connectivity index (χ1n) is 12.4. The molecule has 0 bridgehead atoms. The maximum Gasteiger partial charge on any atom is 0.262 e. The molecule has 4 rings (SSSR count). The fourth-order valence-corrected chi connectivity index (χ4v) is 5.46. The quantitative estimate of drug-likeness (QED) is 0.165. The van der Waals surface area contributed by atoms with Crippen LogP contribution in [-0.4, -0.2) is 58.5 Å². The lowest BCUT2D eigenvalue weighted by atomic mass is 10.1. The summed E-state index contributed by atoms with van der Waals surface area (Å²) < 4.78 is 5.52. The molecule has 39 heavy (non-hydrogen) atoms. The summed E-state index contributed by atoms with van der Waals surface area (Å²) >= 11 is 2.35. The number of aromatic amines is 1. The number of nitrogens with zero attached hydrogens (tertiary/aromatic N) is 1. The van der Waals surface area contributed by atoms with E-state index in [0.29, 0.717) is 26.7 Å². The van der Waals surface area contributed by atoms with E-state index in [1.807, 2.05) is 32.0 Å². The summed E-state index contributed by atoms with van der Waals surface area (Å²) in [6.07, 6.45) is 0.376. The van der Waals surface area contributed by atoms with Gasteiger partial charge in [0.25, 0.3) is 17.7 Å². The Labute approximate surface area is 233 Å². The second-order valence-electron chi connectivity index (χ2n) is 9.44. The summed E-state index contributed by atoms with van der Waals surface area (Å²) in [7, 11) is 0. The van der Waals surface area contributed by atoms with E-state index in [1.54, 1.807) is 36.7 Å². The van der Waals surface area contributed by atoms with Crippen LogP contribution < -0.4 is 16.0 Å². The first kappa shape index (κ1) is 28.4. The van der Waals surface area contributed by atoms with Crippen LogP contribution in [-0.2, 0) is 11.3 Å². The van der Waals surface area contributed by atoms with Gasteiger partial charge in [0.05, 0.1) is 39.0 Å². The van der Waals surface area contributed by atoms with Crippen molar-refractivity contribution in [3.05, 3.63) is 73.7 Å². The number of amides is 3. The molecule has 3 amide bonds. The zero-order chi connectivity index (χ0) is 27.9. The number of hydrogen-bond donors (Lipinski definition) is 5. The number of fused-ring (bicyclic) bond motifs is 1. The van der Waals surface area contributed by atoms with E-state index in [2.05, 4.69) is 26.1 Å². The highest BCUT2D eigenvalue weighted by Crippen LogP contribution is 2.23. The molecular weight excluding hydrogens is 538 g/mol. The van der Waals surface area contributed by atoms with Crippen molar-refractivity contribution in [3.8, 4) is 0 Å². The lowest BCUT2D eigenvalue weighted by Crippen LogP contribution is -2.51. The van der Waals surface area contributed by atoms with Gasteiger partial charge in [-0.05, 0) is 47.5 Å². The largest absolute Gasteiger partial charge is 0.366 e. The smallest absolute Gasteiger partial charge is 0.262 e. The number of H-pyrrole nitrogens is 1. The molecule has 12 heteroatoms. The summed E-state index contributed by atoms with van der Waals surface area (Å²) in [6.45, 7) is 6.17. The van der Waals surface area contributed by atoms with Gasteiger partial charge in [-0.25, -0.2) is 0 Å². The minimum absolute atomic E-state index is 0.0426. The van der Waals surface area contributed by atoms with Crippen LogP contribution in [0.4, 0.5) is 0 Å². The van der Waals surface area contributed by atoms with Gasteiger partial charge in [-0.15, -0.1) is 22.7 Å². The number of aromatic nitrogens is 2. The second-order valence-corrected chi connectivity index (χ2v) is 11.4. The Morgan fingerprint density at radius 1 is 1.08 bits per heavy atom. The molecular formula is C27H31N5O5S2. The van der Waals surface area contributed by atoms with Crippen LogP contribution in [0.2, 0.25) is 0 Å². The monoisotopic (exact) mass is 569 g/mol. The van der Waals surface area contributed by atoms with Gasteiger partial charge in [-0.3, -0.25) is 19.5 Å². The molecule has 2 atom stereocenters. The molecule has 0 fully saturated rings. The standard InChI is InChI=1S/C27H31N5O5S2/c1-15(2)14-37-27(36)20(13-29-24(33)21-8-5-9-38-21)31-26(35)23-16(3)10-22(39-23)25(34)28-11-17-6-4-7-19-18(17)12-30-32-19/h4-10,12,15,20,27,36H,11,13-14H2,1-3H3,(H,28,34)(H,29,33)(H,30,32)(H,31,35). The average molecular weight is 570 g/mol. The Balaban J connectivity index is 1.41. The lowest BCUT2D eigenvalue weighted by molar-refractivity contribution is -0.124. The van der Waals surface area contributed by atoms with Gasteiger partial charge in [0.15, 0.2) is 6.29 Å². The van der Waals surface area contributed by atoms with E-state index in [9.17, 15) is 19.5 Å². The molecule has 0 radical (unpaired) electrons. The Morgan fingerprint density at radius 2 is 1.87 bits per heavy atom. The zero-order valence-corrected chi connectivity index (χ0v) is 23.4. The summed E-state index contributed by atoms with van der Waals surface area (Å²) in [5.74, 6) is -0.916. The molecule has 0 saturated carbocycles. The molecule has 206 valence electrons. The molecule has 0 aliphatic heterocycles. The molecule has 0 spiro atoms. The number of hydrogen-bond acceptors (Lipinski definition) is 8. The maximum atomic E-state index is 13.2. The van der Waals surface area contributed by atoms with Crippen LogP contribution in [0, 0.1) is 12.8 Å². The minimum Gasteiger partial charge on any atom is -0.366 e. The first-order chi connectivity index (χ1) is 18.7. The van der Waals surface area contributed by atoms with Crippen molar-refractivity contribution in [2.45, 2.75) is 39.6 Å². The number of carbonyl (C=O) groups excluding carboxylic acids is 3. The van der Waals surface area contributed by atoms with Crippen molar-refractivity contribution < 1.29 is 24.2 Å². The number of aryl methyl sites for hydroxylation is 1. The van der Waals surface area contributed by atoms with E-state index in [-0.39, 0.29) is 30.9 Å². The number of aliphatic hydroxyl groups is 1. The molecule has 5 N–H and O–H groups in total. The van der Waals surface area contributed by atoms with E-state index in [4.69, 9.17) is 4.74 Å². The highest BCUT2D eigenvalue weighted by Gasteiger charge is 2.26. The van der Waals surface area contributed by atoms with Gasteiger partial charge in [0.1, 0.15) is 0 Å². The van der Waals surface area contributed by atoms with Crippen molar-refractivity contribution in [2.75, 3.05) is 13.2 Å². The third-order valence-electron chi connectivity index (χ3n) is 5.85. The summed E-state index contributed by atoms with van der Waals surface area (Å²) in [5.41, 5.74) is 2.43. The fraction of sp³-hybridized carbons (Fsp3) is 0.333. The molecule has 0 aliphatic rings. The summed E-state index contributed by atoms with van der Waals surface area (Å²) in [5, 5.41) is 28.7.